The van der Waals surface area contributed by atoms with Crippen molar-refractivity contribution in [2.75, 3.05) is 31.1 Å². The third kappa shape index (κ3) is 10.8. The molecule has 0 radical (unpaired) electrons. The average molecular weight is 795 g/mol. The minimum absolute atomic E-state index is 0. The average Bonchev–Trinajstić information content (AvgIpc) is 3.85. The number of nitrogens with zero attached hydrogens (tertiary/aromatic N) is 5. The second-order valence-corrected chi connectivity index (χ2v) is 15.1. The number of anilines is 1. The molecule has 0 spiro atoms. The molecular formula is C38H41Cl2N7O4S2. The van der Waals surface area contributed by atoms with E-state index in [1.807, 2.05) is 55.6 Å². The highest BCUT2D eigenvalue weighted by atomic mass is 35.5. The van der Waals surface area contributed by atoms with Gasteiger partial charge in [0.25, 0.3) is 0 Å². The Labute approximate surface area is 329 Å². The van der Waals surface area contributed by atoms with Crippen LogP contribution in [0.15, 0.2) is 58.9 Å². The Morgan fingerprint density at radius 3 is 2.30 bits per heavy atom. The molecule has 0 saturated carbocycles. The molecule has 53 heavy (non-hydrogen) atoms. The maximum absolute atomic E-state index is 12.6. The molecule has 2 atom stereocenters. The molecule has 1 aliphatic heterocycles. The van der Waals surface area contributed by atoms with Crippen molar-refractivity contribution >= 4 is 64.8 Å². The number of carboxylic acid groups (broad SMARTS) is 1. The molecule has 0 bridgehead atoms. The predicted molar refractivity (Wildman–Crippen MR) is 212 cm³/mol. The van der Waals surface area contributed by atoms with Gasteiger partial charge in [-0.2, -0.15) is 10.5 Å². The molecule has 3 heterocycles. The fourth-order valence-electron chi connectivity index (χ4n) is 5.80. The van der Waals surface area contributed by atoms with Crippen LogP contribution in [0.5, 0.6) is 5.75 Å². The third-order valence-electron chi connectivity index (χ3n) is 8.45. The number of nitrogens with one attached hydrogen (secondary N) is 2. The summed E-state index contributed by atoms with van der Waals surface area (Å²) in [5.74, 6) is 0.329. The number of aromatic nitrogens is 2. The number of ether oxygens (including phenoxy) is 1. The number of hydrogen-bond acceptors (Lipinski definition) is 11. The molecule has 2 aromatic carbocycles. The number of rotatable bonds is 16. The Kier molecular flexibility index (Phi) is 15.3. The summed E-state index contributed by atoms with van der Waals surface area (Å²) in [6, 6.07) is 17.9. The van der Waals surface area contributed by atoms with Crippen LogP contribution in [0.2, 0.25) is 5.02 Å². The molecule has 4 aromatic rings. The van der Waals surface area contributed by atoms with Crippen LogP contribution in [0.3, 0.4) is 0 Å². The fourth-order valence-corrected chi connectivity index (χ4v) is 7.73. The van der Waals surface area contributed by atoms with Gasteiger partial charge in [-0.25, -0.2) is 14.8 Å². The van der Waals surface area contributed by atoms with Gasteiger partial charge in [-0.1, -0.05) is 61.5 Å². The minimum Gasteiger partial charge on any atom is -0.492 e. The van der Waals surface area contributed by atoms with Crippen LogP contribution in [0, 0.1) is 28.6 Å². The van der Waals surface area contributed by atoms with E-state index >= 15 is 0 Å². The maximum Gasteiger partial charge on any atom is 0.326 e. The van der Waals surface area contributed by atoms with Gasteiger partial charge in [0.05, 0.1) is 17.3 Å². The summed E-state index contributed by atoms with van der Waals surface area (Å²) >= 11 is 9.03. The molecule has 1 saturated heterocycles. The third-order valence-corrected chi connectivity index (χ3v) is 10.7. The van der Waals surface area contributed by atoms with E-state index in [4.69, 9.17) is 26.3 Å². The molecule has 278 valence electrons. The first-order valence-corrected chi connectivity index (χ1v) is 19.3. The van der Waals surface area contributed by atoms with Crippen molar-refractivity contribution in [3.63, 3.8) is 0 Å². The van der Waals surface area contributed by atoms with E-state index in [9.17, 15) is 25.2 Å². The Morgan fingerprint density at radius 1 is 1.02 bits per heavy atom. The van der Waals surface area contributed by atoms with Crippen LogP contribution >= 0.6 is 47.1 Å². The number of carboxylic acids is 1. The van der Waals surface area contributed by atoms with E-state index in [2.05, 4.69) is 27.7 Å². The fraction of sp³-hybridized carbons (Fsp3) is 0.368. The number of benzene rings is 2. The van der Waals surface area contributed by atoms with Gasteiger partial charge >= 0.3 is 5.97 Å². The first-order valence-electron chi connectivity index (χ1n) is 17.0. The zero-order chi connectivity index (χ0) is 37.2. The lowest BCUT2D eigenvalue weighted by molar-refractivity contribution is -0.142. The lowest BCUT2D eigenvalue weighted by atomic mass is 9.96. The molecule has 0 aliphatic carbocycles. The van der Waals surface area contributed by atoms with Gasteiger partial charge in [-0.05, 0) is 61.9 Å². The monoisotopic (exact) mass is 793 g/mol. The molecule has 1 aliphatic rings. The summed E-state index contributed by atoms with van der Waals surface area (Å²) in [5, 5.41) is 40.1. The Balaban J connectivity index is 0.00000627. The summed E-state index contributed by atoms with van der Waals surface area (Å²) in [4.78, 5) is 35.9. The number of nitriles is 2. The number of hydrogen-bond donors (Lipinski definition) is 3. The van der Waals surface area contributed by atoms with Gasteiger partial charge in [0.15, 0.2) is 0 Å². The molecule has 1 fully saturated rings. The molecular weight excluding hydrogens is 754 g/mol. The highest BCUT2D eigenvalue weighted by molar-refractivity contribution is 7.98. The van der Waals surface area contributed by atoms with Crippen molar-refractivity contribution in [2.45, 2.75) is 62.9 Å². The SMILES string of the molecule is CC(C)C[C@H](NC(=O)[C@H](C)NCCOc1ccc(-c2c(C#N)c(SCc3csc(-c4ccc(Cl)cc4)n3)nc(N3CCCC3)c2C#N)cc1)C(=O)O.Cl. The molecule has 15 heteroatoms. The number of pyridine rings is 1. The molecule has 5 rings (SSSR count). The van der Waals surface area contributed by atoms with Crippen LogP contribution in [-0.2, 0) is 15.3 Å². The largest absolute Gasteiger partial charge is 0.492 e. The van der Waals surface area contributed by atoms with Crippen molar-refractivity contribution in [3.8, 4) is 39.6 Å². The predicted octanol–water partition coefficient (Wildman–Crippen LogP) is 7.56. The van der Waals surface area contributed by atoms with Gasteiger partial charge in [-0.3, -0.25) is 4.79 Å². The topological polar surface area (TPSA) is 164 Å². The van der Waals surface area contributed by atoms with Gasteiger partial charge in [-0.15, -0.1) is 23.7 Å². The van der Waals surface area contributed by atoms with Crippen molar-refractivity contribution in [1.82, 2.24) is 20.6 Å². The van der Waals surface area contributed by atoms with Crippen LogP contribution < -0.4 is 20.3 Å². The first-order chi connectivity index (χ1) is 25.1. The lowest BCUT2D eigenvalue weighted by Crippen LogP contribution is -2.50. The number of halogens is 2. The van der Waals surface area contributed by atoms with Crippen LogP contribution in [-0.4, -0.2) is 65.3 Å². The number of carbonyl (C=O) groups excluding carboxylic acids is 1. The van der Waals surface area contributed by atoms with Crippen molar-refractivity contribution < 1.29 is 19.4 Å². The molecule has 3 N–H and O–H groups in total. The van der Waals surface area contributed by atoms with Crippen LogP contribution in [0.25, 0.3) is 21.7 Å². The number of aliphatic carboxylic acids is 1. The van der Waals surface area contributed by atoms with E-state index in [1.165, 1.54) is 11.8 Å². The summed E-state index contributed by atoms with van der Waals surface area (Å²) in [6.07, 6.45) is 2.35. The zero-order valence-electron chi connectivity index (χ0n) is 29.6. The second-order valence-electron chi connectivity index (χ2n) is 12.8. The van der Waals surface area contributed by atoms with E-state index in [0.29, 0.717) is 62.6 Å². The van der Waals surface area contributed by atoms with Gasteiger partial charge in [0.2, 0.25) is 5.91 Å². The van der Waals surface area contributed by atoms with E-state index in [1.54, 1.807) is 30.4 Å². The van der Waals surface area contributed by atoms with Gasteiger partial charge in [0, 0.05) is 46.9 Å². The smallest absolute Gasteiger partial charge is 0.326 e. The summed E-state index contributed by atoms with van der Waals surface area (Å²) in [7, 11) is 0. The number of thioether (sulfide) groups is 1. The van der Waals surface area contributed by atoms with Crippen LogP contribution in [0.1, 0.15) is 56.9 Å². The molecule has 11 nitrogen and oxygen atoms in total. The highest BCUT2D eigenvalue weighted by Crippen LogP contribution is 2.40. The quantitative estimate of drug-likeness (QED) is 0.0758. The Morgan fingerprint density at radius 2 is 1.68 bits per heavy atom. The van der Waals surface area contributed by atoms with Crippen molar-refractivity contribution in [3.05, 3.63) is 75.8 Å². The summed E-state index contributed by atoms with van der Waals surface area (Å²) in [6.45, 7) is 7.65. The maximum atomic E-state index is 12.6. The molecule has 0 unspecified atom stereocenters. The van der Waals surface area contributed by atoms with Gasteiger partial charge in [0.1, 0.15) is 52.0 Å². The second kappa shape index (κ2) is 19.6. The van der Waals surface area contributed by atoms with E-state index < -0.39 is 24.0 Å². The number of amides is 1. The van der Waals surface area contributed by atoms with Crippen LogP contribution in [0.4, 0.5) is 5.82 Å². The highest BCUT2D eigenvalue weighted by Gasteiger charge is 2.27. The summed E-state index contributed by atoms with van der Waals surface area (Å²) < 4.78 is 5.91. The minimum atomic E-state index is -1.06. The van der Waals surface area contributed by atoms with E-state index in [-0.39, 0.29) is 24.9 Å². The first kappa shape index (κ1) is 41.4. The molecule has 1 amide bonds. The molecule has 2 aromatic heterocycles. The van der Waals surface area contributed by atoms with E-state index in [0.717, 1.165) is 42.2 Å². The van der Waals surface area contributed by atoms with Gasteiger partial charge < -0.3 is 25.4 Å². The number of thiazole rings is 1. The summed E-state index contributed by atoms with van der Waals surface area (Å²) in [5.41, 5.74) is 3.77. The number of carbonyl (C=O) groups is 2. The Hall–Kier alpha value is -4.37. The van der Waals surface area contributed by atoms with Crippen molar-refractivity contribution in [2.24, 2.45) is 5.92 Å². The zero-order valence-corrected chi connectivity index (χ0v) is 32.8. The van der Waals surface area contributed by atoms with Crippen molar-refractivity contribution in [1.29, 1.82) is 10.5 Å². The standard InChI is InChI=1S/C38H40ClN7O4S2.ClH/c1-23(2)18-32(38(48)49)44-35(47)24(3)42-14-17-50-29-12-8-25(9-13-29)33-30(19-40)34(46-15-4-5-16-46)45-37(31(33)20-41)52-22-28-21-51-36(43-28)26-6-10-27(39)11-7-26;/h6-13,21,23-24,32,42H,4-5,14-18,22H2,1-3H3,(H,44,47)(H,48,49);1H/t24-,32-;/m0./s1. The lowest BCUT2D eigenvalue weighted by Gasteiger charge is -2.22. The normalized spacial score (nSPS) is 13.5. The Bertz CT molecular complexity index is 1960.